The Kier molecular flexibility index (Phi) is 7.68. The summed E-state index contributed by atoms with van der Waals surface area (Å²) in [6.07, 6.45) is 0. The molecule has 0 aliphatic heterocycles. The summed E-state index contributed by atoms with van der Waals surface area (Å²) in [4.78, 5) is 10.7. The van der Waals surface area contributed by atoms with Gasteiger partial charge in [-0.3, -0.25) is 0 Å². The van der Waals surface area contributed by atoms with Crippen LogP contribution in [0.1, 0.15) is 11.1 Å². The van der Waals surface area contributed by atoms with E-state index in [1.165, 1.54) is 0 Å². The minimum Gasteiger partial charge on any atom is -0.243 e. The zero-order valence-corrected chi connectivity index (χ0v) is 24.8. The smallest absolute Gasteiger partial charge is 0.0991 e. The summed E-state index contributed by atoms with van der Waals surface area (Å²) in [7, 11) is 0. The highest BCUT2D eigenvalue weighted by Crippen LogP contribution is 2.38. The lowest BCUT2D eigenvalue weighted by Crippen LogP contribution is -2.01. The van der Waals surface area contributed by atoms with Crippen LogP contribution in [0.2, 0.25) is 0 Å². The monoisotopic (exact) mass is 586 g/mol. The van der Waals surface area contributed by atoms with Gasteiger partial charge in [0.2, 0.25) is 0 Å². The third kappa shape index (κ3) is 5.67. The molecule has 0 N–H and O–H groups in total. The Hall–Kier alpha value is -6.62. The van der Waals surface area contributed by atoms with Crippen LogP contribution in [-0.4, -0.2) is 9.97 Å². The van der Waals surface area contributed by atoms with Crippen molar-refractivity contribution >= 4 is 0 Å². The van der Waals surface area contributed by atoms with E-state index in [1.807, 2.05) is 84.9 Å². The van der Waals surface area contributed by atoms with E-state index in [9.17, 15) is 10.5 Å². The third-order valence-electron chi connectivity index (χ3n) is 8.00. The van der Waals surface area contributed by atoms with E-state index < -0.39 is 0 Å². The quantitative estimate of drug-likeness (QED) is 0.194. The molecule has 0 aliphatic rings. The maximum absolute atomic E-state index is 9.20. The number of nitriles is 2. The summed E-state index contributed by atoms with van der Waals surface area (Å²) in [5.74, 6) is 0. The fourth-order valence-electron chi connectivity index (χ4n) is 5.55. The second-order valence-corrected chi connectivity index (χ2v) is 10.9. The van der Waals surface area contributed by atoms with Gasteiger partial charge in [-0.1, -0.05) is 133 Å². The van der Waals surface area contributed by atoms with E-state index in [1.54, 1.807) is 0 Å². The van der Waals surface area contributed by atoms with E-state index in [2.05, 4.69) is 84.9 Å². The van der Waals surface area contributed by atoms with Gasteiger partial charge in [-0.25, -0.2) is 9.97 Å². The van der Waals surface area contributed by atoms with Crippen LogP contribution < -0.4 is 0 Å². The first-order valence-electron chi connectivity index (χ1n) is 14.9. The van der Waals surface area contributed by atoms with Crippen molar-refractivity contribution in [2.75, 3.05) is 0 Å². The summed E-state index contributed by atoms with van der Waals surface area (Å²) < 4.78 is 0. The molecule has 0 unspecified atom stereocenters. The lowest BCUT2D eigenvalue weighted by atomic mass is 9.96. The van der Waals surface area contributed by atoms with Gasteiger partial charge in [-0.15, -0.1) is 0 Å². The van der Waals surface area contributed by atoms with Gasteiger partial charge >= 0.3 is 0 Å². The van der Waals surface area contributed by atoms with Crippen LogP contribution in [-0.2, 0) is 0 Å². The molecule has 7 aromatic rings. The van der Waals surface area contributed by atoms with Crippen molar-refractivity contribution in [3.8, 4) is 79.4 Å². The lowest BCUT2D eigenvalue weighted by Gasteiger charge is -2.16. The number of hydrogen-bond acceptors (Lipinski definition) is 4. The average Bonchev–Trinajstić information content (AvgIpc) is 3.15. The predicted molar refractivity (Wildman–Crippen MR) is 184 cm³/mol. The Morgan fingerprint density at radius 2 is 0.522 bits per heavy atom. The van der Waals surface area contributed by atoms with E-state index in [0.717, 1.165) is 67.3 Å². The lowest BCUT2D eigenvalue weighted by molar-refractivity contribution is 1.21. The van der Waals surface area contributed by atoms with Crippen molar-refractivity contribution in [3.63, 3.8) is 0 Å². The SMILES string of the molecule is N#Cc1ccc(-c2ccc(-c3nc(-c4ccccc4)c(-c4ccccc4)nc3-c3ccc(-c4ccc(C#N)cc4)cc3)cc2)cc1. The molecule has 0 saturated heterocycles. The van der Waals surface area contributed by atoms with Gasteiger partial charge in [-0.2, -0.15) is 10.5 Å². The second kappa shape index (κ2) is 12.5. The first-order chi connectivity index (χ1) is 22.7. The Balaban J connectivity index is 1.39. The van der Waals surface area contributed by atoms with Crippen molar-refractivity contribution in [1.29, 1.82) is 10.5 Å². The molecule has 1 aromatic heterocycles. The molecule has 214 valence electrons. The van der Waals surface area contributed by atoms with Crippen LogP contribution in [0, 0.1) is 22.7 Å². The fourth-order valence-corrected chi connectivity index (χ4v) is 5.55. The molecule has 0 bridgehead atoms. The minimum atomic E-state index is 0.637. The molecule has 0 aliphatic carbocycles. The van der Waals surface area contributed by atoms with Crippen LogP contribution in [0.4, 0.5) is 0 Å². The standard InChI is InChI=1S/C42H26N4/c43-27-29-11-15-31(16-12-29)33-19-23-37(24-20-33)41-42(38-25-21-34(22-26-38)32-17-13-30(28-44)14-18-32)46-40(36-9-5-2-6-10-36)39(45-41)35-7-3-1-4-8-35/h1-26H. The number of nitrogens with zero attached hydrogens (tertiary/aromatic N) is 4. The second-order valence-electron chi connectivity index (χ2n) is 10.9. The first kappa shape index (κ1) is 28.2. The summed E-state index contributed by atoms with van der Waals surface area (Å²) >= 11 is 0. The first-order valence-corrected chi connectivity index (χ1v) is 14.9. The van der Waals surface area contributed by atoms with Crippen molar-refractivity contribution in [3.05, 3.63) is 169 Å². The molecule has 4 nitrogen and oxygen atoms in total. The van der Waals surface area contributed by atoms with Gasteiger partial charge in [0.1, 0.15) is 0 Å². The molecule has 0 saturated carbocycles. The zero-order chi connectivity index (χ0) is 31.3. The van der Waals surface area contributed by atoms with Gasteiger partial charge in [0.25, 0.3) is 0 Å². The van der Waals surface area contributed by atoms with Gasteiger partial charge in [-0.05, 0) is 46.5 Å². The average molecular weight is 587 g/mol. The Bertz CT molecular complexity index is 2040. The highest BCUT2D eigenvalue weighted by molar-refractivity contribution is 5.87. The predicted octanol–water partition coefficient (Wildman–Crippen LogP) is 10.2. The van der Waals surface area contributed by atoms with Crippen LogP contribution in [0.25, 0.3) is 67.3 Å². The maximum atomic E-state index is 9.20. The molecule has 0 radical (unpaired) electrons. The van der Waals surface area contributed by atoms with Gasteiger partial charge in [0.05, 0.1) is 46.0 Å². The van der Waals surface area contributed by atoms with Crippen molar-refractivity contribution < 1.29 is 0 Å². The number of rotatable bonds is 6. The Morgan fingerprint density at radius 1 is 0.283 bits per heavy atom. The molecule has 7 rings (SSSR count). The largest absolute Gasteiger partial charge is 0.243 e. The summed E-state index contributed by atoms with van der Waals surface area (Å²) in [5.41, 5.74) is 12.6. The number of benzene rings is 6. The molecule has 0 amide bonds. The number of aromatic nitrogens is 2. The van der Waals surface area contributed by atoms with Crippen molar-refractivity contribution in [1.82, 2.24) is 9.97 Å². The van der Waals surface area contributed by atoms with E-state index in [0.29, 0.717) is 11.1 Å². The molecule has 46 heavy (non-hydrogen) atoms. The summed E-state index contributed by atoms with van der Waals surface area (Å²) in [6, 6.07) is 56.7. The molecule has 0 fully saturated rings. The van der Waals surface area contributed by atoms with Crippen LogP contribution in [0.3, 0.4) is 0 Å². The molecular weight excluding hydrogens is 560 g/mol. The normalized spacial score (nSPS) is 10.6. The van der Waals surface area contributed by atoms with Crippen molar-refractivity contribution in [2.45, 2.75) is 0 Å². The Labute approximate surface area is 268 Å². The maximum Gasteiger partial charge on any atom is 0.0991 e. The van der Waals surface area contributed by atoms with Crippen LogP contribution >= 0.6 is 0 Å². The highest BCUT2D eigenvalue weighted by atomic mass is 14.9. The van der Waals surface area contributed by atoms with Crippen LogP contribution in [0.5, 0.6) is 0 Å². The summed E-state index contributed by atoms with van der Waals surface area (Å²) in [5, 5.41) is 18.4. The van der Waals surface area contributed by atoms with E-state index in [-0.39, 0.29) is 0 Å². The molecule has 0 atom stereocenters. The number of hydrogen-bond donors (Lipinski definition) is 0. The molecular formula is C42H26N4. The Morgan fingerprint density at radius 3 is 0.804 bits per heavy atom. The van der Waals surface area contributed by atoms with E-state index in [4.69, 9.17) is 9.97 Å². The van der Waals surface area contributed by atoms with Gasteiger partial charge < -0.3 is 0 Å². The van der Waals surface area contributed by atoms with E-state index >= 15 is 0 Å². The van der Waals surface area contributed by atoms with Crippen LogP contribution in [0.15, 0.2) is 158 Å². The topological polar surface area (TPSA) is 73.4 Å². The summed E-state index contributed by atoms with van der Waals surface area (Å²) in [6.45, 7) is 0. The zero-order valence-electron chi connectivity index (χ0n) is 24.8. The highest BCUT2D eigenvalue weighted by Gasteiger charge is 2.19. The molecule has 6 aromatic carbocycles. The molecule has 0 spiro atoms. The van der Waals surface area contributed by atoms with Crippen molar-refractivity contribution in [2.24, 2.45) is 0 Å². The van der Waals surface area contributed by atoms with Gasteiger partial charge in [0, 0.05) is 22.3 Å². The third-order valence-corrected chi connectivity index (χ3v) is 8.00. The fraction of sp³-hybridized carbons (Fsp3) is 0. The molecule has 1 heterocycles. The van der Waals surface area contributed by atoms with Gasteiger partial charge in [0.15, 0.2) is 0 Å². The minimum absolute atomic E-state index is 0.637. The molecule has 4 heteroatoms.